The molecule has 33 heavy (non-hydrogen) atoms. The lowest BCUT2D eigenvalue weighted by Crippen LogP contribution is -2.42. The van der Waals surface area contributed by atoms with Crippen molar-refractivity contribution in [1.29, 1.82) is 10.5 Å². The van der Waals surface area contributed by atoms with Crippen LogP contribution in [0.4, 0.5) is 5.00 Å². The van der Waals surface area contributed by atoms with Crippen molar-refractivity contribution in [2.75, 3.05) is 4.90 Å². The third kappa shape index (κ3) is 3.51. The zero-order valence-corrected chi connectivity index (χ0v) is 20.5. The highest BCUT2D eigenvalue weighted by Gasteiger charge is 2.46. The van der Waals surface area contributed by atoms with Crippen LogP contribution in [-0.4, -0.2) is 5.78 Å². The molecule has 2 aromatic rings. The van der Waals surface area contributed by atoms with Crippen LogP contribution < -0.4 is 10.6 Å². The highest BCUT2D eigenvalue weighted by atomic mass is 32.1. The Kier molecular flexibility index (Phi) is 5.43. The van der Waals surface area contributed by atoms with Crippen molar-refractivity contribution in [3.63, 3.8) is 0 Å². The van der Waals surface area contributed by atoms with Crippen LogP contribution >= 0.6 is 22.7 Å². The van der Waals surface area contributed by atoms with Crippen molar-refractivity contribution in [2.45, 2.75) is 64.7 Å². The van der Waals surface area contributed by atoms with Gasteiger partial charge in [-0.1, -0.05) is 26.3 Å². The number of thiophene rings is 2. The molecule has 0 saturated carbocycles. The predicted molar refractivity (Wildman–Crippen MR) is 132 cm³/mol. The van der Waals surface area contributed by atoms with Crippen LogP contribution in [-0.2, 0) is 17.6 Å². The monoisotopic (exact) mass is 474 g/mol. The third-order valence-corrected chi connectivity index (χ3v) is 9.14. The molecule has 0 unspecified atom stereocenters. The summed E-state index contributed by atoms with van der Waals surface area (Å²) in [6.45, 7) is 4.20. The van der Waals surface area contributed by atoms with Gasteiger partial charge >= 0.3 is 0 Å². The van der Waals surface area contributed by atoms with E-state index >= 15 is 0 Å². The van der Waals surface area contributed by atoms with Crippen LogP contribution in [0.2, 0.25) is 0 Å². The lowest BCUT2D eigenvalue weighted by atomic mass is 9.70. The molecule has 0 aromatic carbocycles. The van der Waals surface area contributed by atoms with Crippen molar-refractivity contribution in [2.24, 2.45) is 11.1 Å². The summed E-state index contributed by atoms with van der Waals surface area (Å²) in [4.78, 5) is 17.7. The molecule has 0 radical (unpaired) electrons. The first kappa shape index (κ1) is 21.9. The van der Waals surface area contributed by atoms with Gasteiger partial charge in [0.05, 0.1) is 23.1 Å². The zero-order chi connectivity index (χ0) is 23.3. The Morgan fingerprint density at radius 2 is 1.94 bits per heavy atom. The van der Waals surface area contributed by atoms with Gasteiger partial charge in [0.15, 0.2) is 5.78 Å². The number of Topliss-reactive ketones (excluding diaryl/α,β-unsaturated/α-hetero) is 1. The van der Waals surface area contributed by atoms with E-state index in [1.807, 2.05) is 22.4 Å². The minimum Gasteiger partial charge on any atom is -0.384 e. The van der Waals surface area contributed by atoms with Gasteiger partial charge in [0, 0.05) is 27.4 Å². The number of anilines is 1. The van der Waals surface area contributed by atoms with Gasteiger partial charge in [-0.05, 0) is 54.5 Å². The van der Waals surface area contributed by atoms with Gasteiger partial charge in [0.25, 0.3) is 0 Å². The quantitative estimate of drug-likeness (QED) is 0.548. The van der Waals surface area contributed by atoms with Gasteiger partial charge in [0.1, 0.15) is 16.9 Å². The number of nitrogens with two attached hydrogens (primary N) is 1. The minimum absolute atomic E-state index is 0.0709. The van der Waals surface area contributed by atoms with E-state index in [4.69, 9.17) is 5.73 Å². The molecule has 2 aromatic heterocycles. The average Bonchev–Trinajstić information content (AvgIpc) is 3.34. The first-order chi connectivity index (χ1) is 15.9. The van der Waals surface area contributed by atoms with E-state index in [0.717, 1.165) is 46.8 Å². The molecule has 2 aliphatic carbocycles. The van der Waals surface area contributed by atoms with E-state index in [9.17, 15) is 15.3 Å². The number of hydrogen-bond acceptors (Lipinski definition) is 7. The molecule has 0 spiro atoms. The van der Waals surface area contributed by atoms with Gasteiger partial charge in [-0.25, -0.2) is 0 Å². The second kappa shape index (κ2) is 8.17. The molecule has 7 heteroatoms. The summed E-state index contributed by atoms with van der Waals surface area (Å²) in [6.07, 6.45) is 6.33. The van der Waals surface area contributed by atoms with E-state index in [1.54, 1.807) is 22.7 Å². The lowest BCUT2D eigenvalue weighted by Gasteiger charge is -2.43. The summed E-state index contributed by atoms with van der Waals surface area (Å²) >= 11 is 3.16. The van der Waals surface area contributed by atoms with E-state index in [2.05, 4.69) is 26.0 Å². The molecular weight excluding hydrogens is 448 g/mol. The molecular formula is C26H26N4OS2. The van der Waals surface area contributed by atoms with Crippen molar-refractivity contribution >= 4 is 33.5 Å². The second-order valence-electron chi connectivity index (χ2n) is 9.85. The summed E-state index contributed by atoms with van der Waals surface area (Å²) in [6, 6.07) is 8.70. The first-order valence-electron chi connectivity index (χ1n) is 11.4. The SMILES string of the molecule is CC1(C)CC(=O)C2=C(C1)N(c1sc3c(c1C#N)CCCCC3)C(N)=C(C#N)[C@H]2c1cccs1. The number of rotatable bonds is 2. The normalized spacial score (nSPS) is 22.4. The van der Waals surface area contributed by atoms with Gasteiger partial charge < -0.3 is 5.73 Å². The summed E-state index contributed by atoms with van der Waals surface area (Å²) in [5, 5.41) is 23.1. The Bertz CT molecular complexity index is 1280. The van der Waals surface area contributed by atoms with E-state index in [-0.39, 0.29) is 11.2 Å². The van der Waals surface area contributed by atoms with Gasteiger partial charge in [0.2, 0.25) is 0 Å². The maximum absolute atomic E-state index is 13.6. The number of allylic oxidation sites excluding steroid dienone is 3. The molecule has 0 saturated heterocycles. The van der Waals surface area contributed by atoms with E-state index < -0.39 is 5.92 Å². The fourth-order valence-electron chi connectivity index (χ4n) is 5.48. The molecule has 3 aliphatic rings. The van der Waals surface area contributed by atoms with Gasteiger partial charge in [-0.3, -0.25) is 9.69 Å². The minimum atomic E-state index is -0.437. The largest absolute Gasteiger partial charge is 0.384 e. The van der Waals surface area contributed by atoms with Crippen LogP contribution in [0.1, 0.15) is 72.8 Å². The van der Waals surface area contributed by atoms with Gasteiger partial charge in [-0.15, -0.1) is 22.7 Å². The third-order valence-electron chi connectivity index (χ3n) is 6.93. The highest BCUT2D eigenvalue weighted by Crippen LogP contribution is 2.53. The molecule has 168 valence electrons. The van der Waals surface area contributed by atoms with E-state index in [0.29, 0.717) is 35.4 Å². The Morgan fingerprint density at radius 3 is 2.64 bits per heavy atom. The molecule has 1 aliphatic heterocycles. The zero-order valence-electron chi connectivity index (χ0n) is 18.9. The summed E-state index contributed by atoms with van der Waals surface area (Å²) in [5.74, 6) is -0.0113. The average molecular weight is 475 g/mol. The standard InChI is InChI=1S/C26H26N4OS2/c1-26(2)11-18-23(19(31)12-26)22(21-9-6-10-32-21)17(14-28)24(29)30(18)25-16(13-27)15-7-4-3-5-8-20(15)33-25/h6,9-10,22H,3-5,7-8,11-12,29H2,1-2H3/t22-/m0/s1. The number of nitriles is 2. The summed E-state index contributed by atoms with van der Waals surface area (Å²) in [7, 11) is 0. The maximum atomic E-state index is 13.6. The van der Waals surface area contributed by atoms with Crippen molar-refractivity contribution in [1.82, 2.24) is 0 Å². The highest BCUT2D eigenvalue weighted by molar-refractivity contribution is 7.16. The van der Waals surface area contributed by atoms with Crippen LogP contribution in [0.15, 0.2) is 40.2 Å². The molecule has 5 nitrogen and oxygen atoms in total. The smallest absolute Gasteiger partial charge is 0.162 e. The molecule has 0 bridgehead atoms. The number of nitrogens with zero attached hydrogens (tertiary/aromatic N) is 3. The Morgan fingerprint density at radius 1 is 1.15 bits per heavy atom. The number of ketones is 1. The number of aryl methyl sites for hydroxylation is 1. The first-order valence-corrected chi connectivity index (χ1v) is 13.1. The van der Waals surface area contributed by atoms with Crippen LogP contribution in [0, 0.1) is 28.1 Å². The molecule has 5 rings (SSSR count). The van der Waals surface area contributed by atoms with Crippen LogP contribution in [0.25, 0.3) is 0 Å². The van der Waals surface area contributed by atoms with Crippen molar-refractivity contribution < 1.29 is 4.79 Å². The maximum Gasteiger partial charge on any atom is 0.162 e. The molecule has 0 amide bonds. The van der Waals surface area contributed by atoms with Crippen LogP contribution in [0.5, 0.6) is 0 Å². The molecule has 1 atom stereocenters. The van der Waals surface area contributed by atoms with Crippen molar-refractivity contribution in [3.8, 4) is 12.1 Å². The molecule has 0 fully saturated rings. The van der Waals surface area contributed by atoms with Gasteiger partial charge in [-0.2, -0.15) is 10.5 Å². The Labute approximate surface area is 202 Å². The molecule has 2 N–H and O–H groups in total. The topological polar surface area (TPSA) is 93.9 Å². The summed E-state index contributed by atoms with van der Waals surface area (Å²) in [5.41, 5.74) is 10.3. The van der Waals surface area contributed by atoms with E-state index in [1.165, 1.54) is 11.3 Å². The second-order valence-corrected chi connectivity index (χ2v) is 11.9. The fourth-order valence-corrected chi connectivity index (χ4v) is 7.70. The number of fused-ring (bicyclic) bond motifs is 1. The lowest BCUT2D eigenvalue weighted by molar-refractivity contribution is -0.118. The number of hydrogen-bond donors (Lipinski definition) is 1. The number of carbonyl (C=O) groups is 1. The predicted octanol–water partition coefficient (Wildman–Crippen LogP) is 5.89. The Hall–Kier alpha value is -2.87. The summed E-state index contributed by atoms with van der Waals surface area (Å²) < 4.78 is 0. The fraction of sp³-hybridized carbons (Fsp3) is 0.423. The van der Waals surface area contributed by atoms with Crippen LogP contribution in [0.3, 0.4) is 0 Å². The Balaban J connectivity index is 1.78. The number of carbonyl (C=O) groups excluding carboxylic acids is 1. The molecule has 3 heterocycles. The van der Waals surface area contributed by atoms with Crippen molar-refractivity contribution in [3.05, 3.63) is 61.1 Å².